The van der Waals surface area contributed by atoms with Gasteiger partial charge in [0.2, 0.25) is 0 Å². The Morgan fingerprint density at radius 2 is 1.31 bits per heavy atom. The first-order chi connectivity index (χ1) is 24.6. The Labute approximate surface area is 293 Å². The molecule has 0 radical (unpaired) electrons. The quantitative estimate of drug-likeness (QED) is 0.0727. The van der Waals surface area contributed by atoms with Gasteiger partial charge in [-0.15, -0.1) is 0 Å². The van der Waals surface area contributed by atoms with E-state index in [1.54, 1.807) is 6.07 Å². The van der Waals surface area contributed by atoms with Crippen molar-refractivity contribution >= 4 is 0 Å². The number of rotatable bonds is 14. The molecule has 0 unspecified atom stereocenters. The molecule has 1 saturated carbocycles. The molecular formula is C39H35F11O2. The standard InChI is InChI=1S/C39H35F11O2/c1-2-3-4-5-23-8-13-29(31(41)16-23)38(47,48)52-27-20-32(42)36(33(43)21-27)39(49,50)51-15-14-22-6-9-24(10-7-22)25-11-12-28(30(40)17-25)26-18-34(44)37(46)35(45)19-26/h8,11-13,16-22,24H,2-7,9-10,14-15H2,1H3. The average Bonchev–Trinajstić information content (AvgIpc) is 3.06. The molecule has 1 aliphatic rings. The molecule has 0 N–H and O–H groups in total. The summed E-state index contributed by atoms with van der Waals surface area (Å²) in [6.07, 6.45) is -3.65. The molecule has 0 aliphatic heterocycles. The third-order valence-corrected chi connectivity index (χ3v) is 9.38. The van der Waals surface area contributed by atoms with Crippen molar-refractivity contribution in [3.8, 4) is 16.9 Å². The third kappa shape index (κ3) is 9.08. The molecule has 1 aliphatic carbocycles. The molecule has 280 valence electrons. The summed E-state index contributed by atoms with van der Waals surface area (Å²) in [5.74, 6) is -11.8. The van der Waals surface area contributed by atoms with E-state index in [-0.39, 0.29) is 41.5 Å². The van der Waals surface area contributed by atoms with Crippen molar-refractivity contribution < 1.29 is 57.8 Å². The SMILES string of the molecule is CCCCCc1ccc(C(F)(F)Oc2cc(F)c(C(F)(F)OCCC3CCC(c4ccc(-c5cc(F)c(F)c(F)c5)c(F)c4)CC3)c(F)c2)c(F)c1. The van der Waals surface area contributed by atoms with E-state index in [2.05, 4.69) is 9.47 Å². The molecule has 1 fully saturated rings. The molecule has 4 aromatic carbocycles. The van der Waals surface area contributed by atoms with Gasteiger partial charge >= 0.3 is 12.2 Å². The van der Waals surface area contributed by atoms with E-state index < -0.39 is 76.4 Å². The van der Waals surface area contributed by atoms with Crippen LogP contribution in [0.15, 0.2) is 60.7 Å². The van der Waals surface area contributed by atoms with E-state index in [1.165, 1.54) is 18.2 Å². The van der Waals surface area contributed by atoms with E-state index in [0.29, 0.717) is 55.4 Å². The zero-order chi connectivity index (χ0) is 37.8. The van der Waals surface area contributed by atoms with Gasteiger partial charge in [0.05, 0.1) is 12.2 Å². The molecule has 0 spiro atoms. The van der Waals surface area contributed by atoms with E-state index >= 15 is 0 Å². The molecule has 52 heavy (non-hydrogen) atoms. The number of hydrogen-bond donors (Lipinski definition) is 0. The van der Waals surface area contributed by atoms with Crippen LogP contribution in [0.2, 0.25) is 0 Å². The lowest BCUT2D eigenvalue weighted by Gasteiger charge is -2.29. The minimum atomic E-state index is -4.47. The second-order valence-corrected chi connectivity index (χ2v) is 13.0. The summed E-state index contributed by atoms with van der Waals surface area (Å²) in [6, 6.07) is 8.85. The fourth-order valence-electron chi connectivity index (χ4n) is 6.56. The van der Waals surface area contributed by atoms with E-state index in [1.807, 2.05) is 6.92 Å². The van der Waals surface area contributed by atoms with Crippen LogP contribution < -0.4 is 4.74 Å². The van der Waals surface area contributed by atoms with Gasteiger partial charge in [-0.2, -0.15) is 17.6 Å². The van der Waals surface area contributed by atoms with Crippen LogP contribution >= 0.6 is 0 Å². The van der Waals surface area contributed by atoms with Gasteiger partial charge in [0.15, 0.2) is 17.5 Å². The van der Waals surface area contributed by atoms with Crippen molar-refractivity contribution in [3.63, 3.8) is 0 Å². The molecule has 0 saturated heterocycles. The van der Waals surface area contributed by atoms with Crippen molar-refractivity contribution in [2.75, 3.05) is 6.61 Å². The minimum absolute atomic E-state index is 0.0942. The Kier molecular flexibility index (Phi) is 12.2. The van der Waals surface area contributed by atoms with Gasteiger partial charge < -0.3 is 9.47 Å². The van der Waals surface area contributed by atoms with Crippen LogP contribution in [0.4, 0.5) is 48.3 Å². The van der Waals surface area contributed by atoms with Crippen LogP contribution in [0.3, 0.4) is 0 Å². The average molecular weight is 745 g/mol. The number of ether oxygens (including phenoxy) is 2. The van der Waals surface area contributed by atoms with Crippen molar-refractivity contribution in [1.29, 1.82) is 0 Å². The van der Waals surface area contributed by atoms with Gasteiger partial charge in [0.1, 0.15) is 34.6 Å². The number of hydrogen-bond acceptors (Lipinski definition) is 2. The van der Waals surface area contributed by atoms with E-state index in [4.69, 9.17) is 0 Å². The van der Waals surface area contributed by atoms with E-state index in [0.717, 1.165) is 31.4 Å². The zero-order valence-corrected chi connectivity index (χ0v) is 28.0. The Balaban J connectivity index is 1.14. The maximum Gasteiger partial charge on any atom is 0.429 e. The smallest absolute Gasteiger partial charge is 0.429 e. The minimum Gasteiger partial charge on any atom is -0.429 e. The van der Waals surface area contributed by atoms with Crippen molar-refractivity contribution in [2.45, 2.75) is 82.8 Å². The lowest BCUT2D eigenvalue weighted by atomic mass is 9.77. The highest BCUT2D eigenvalue weighted by Gasteiger charge is 2.42. The summed E-state index contributed by atoms with van der Waals surface area (Å²) in [4.78, 5) is 0. The maximum atomic E-state index is 14.9. The normalized spacial score (nSPS) is 16.7. The van der Waals surface area contributed by atoms with Crippen LogP contribution in [-0.2, 0) is 23.4 Å². The summed E-state index contributed by atoms with van der Waals surface area (Å²) < 4.78 is 168. The van der Waals surface area contributed by atoms with Gasteiger partial charge in [0, 0.05) is 17.7 Å². The number of alkyl halides is 4. The third-order valence-electron chi connectivity index (χ3n) is 9.38. The first-order valence-corrected chi connectivity index (χ1v) is 16.9. The molecule has 2 nitrogen and oxygen atoms in total. The summed E-state index contributed by atoms with van der Waals surface area (Å²) in [5.41, 5.74) is -2.19. The number of unbranched alkanes of at least 4 members (excludes halogenated alkanes) is 2. The summed E-state index contributed by atoms with van der Waals surface area (Å²) in [7, 11) is 0. The van der Waals surface area contributed by atoms with E-state index in [9.17, 15) is 48.3 Å². The molecule has 0 atom stereocenters. The molecule has 0 amide bonds. The lowest BCUT2D eigenvalue weighted by molar-refractivity contribution is -0.253. The molecule has 0 bridgehead atoms. The van der Waals surface area contributed by atoms with Gasteiger partial charge in [0.25, 0.3) is 0 Å². The highest BCUT2D eigenvalue weighted by molar-refractivity contribution is 5.65. The first-order valence-electron chi connectivity index (χ1n) is 16.9. The molecule has 0 aromatic heterocycles. The van der Waals surface area contributed by atoms with Crippen LogP contribution in [-0.4, -0.2) is 6.61 Å². The summed E-state index contributed by atoms with van der Waals surface area (Å²) in [5, 5.41) is 0. The Morgan fingerprint density at radius 1 is 0.654 bits per heavy atom. The monoisotopic (exact) mass is 744 g/mol. The molecule has 4 aromatic rings. The fraction of sp³-hybridized carbons (Fsp3) is 0.385. The van der Waals surface area contributed by atoms with Crippen LogP contribution in [0, 0.1) is 46.6 Å². The Bertz CT molecular complexity index is 1820. The van der Waals surface area contributed by atoms with Crippen LogP contribution in [0.5, 0.6) is 5.75 Å². The predicted molar refractivity (Wildman–Crippen MR) is 171 cm³/mol. The Morgan fingerprint density at radius 3 is 1.90 bits per heavy atom. The second kappa shape index (κ2) is 16.3. The van der Waals surface area contributed by atoms with Crippen molar-refractivity contribution in [1.82, 2.24) is 0 Å². The summed E-state index contributed by atoms with van der Waals surface area (Å²) in [6.45, 7) is 1.37. The highest BCUT2D eigenvalue weighted by Crippen LogP contribution is 2.41. The van der Waals surface area contributed by atoms with Gasteiger partial charge in [-0.25, -0.2) is 30.7 Å². The molecule has 0 heterocycles. The number of aryl methyl sites for hydroxylation is 1. The van der Waals surface area contributed by atoms with Crippen molar-refractivity contribution in [2.24, 2.45) is 5.92 Å². The zero-order valence-electron chi connectivity index (χ0n) is 28.0. The van der Waals surface area contributed by atoms with Crippen molar-refractivity contribution in [3.05, 3.63) is 124 Å². The fourth-order valence-corrected chi connectivity index (χ4v) is 6.56. The maximum absolute atomic E-state index is 14.9. The van der Waals surface area contributed by atoms with Gasteiger partial charge in [-0.1, -0.05) is 38.0 Å². The molecular weight excluding hydrogens is 709 g/mol. The molecule has 5 rings (SSSR count). The molecule has 13 heteroatoms. The van der Waals surface area contributed by atoms with Gasteiger partial charge in [-0.05, 0) is 104 Å². The highest BCUT2D eigenvalue weighted by atomic mass is 19.3. The second-order valence-electron chi connectivity index (χ2n) is 13.0. The summed E-state index contributed by atoms with van der Waals surface area (Å²) >= 11 is 0. The van der Waals surface area contributed by atoms with Gasteiger partial charge in [-0.3, -0.25) is 0 Å². The largest absolute Gasteiger partial charge is 0.429 e. The predicted octanol–water partition coefficient (Wildman–Crippen LogP) is 12.6. The number of benzene rings is 4. The first kappa shape index (κ1) is 39.1. The topological polar surface area (TPSA) is 18.5 Å². The Hall–Kier alpha value is -4.13. The van der Waals surface area contributed by atoms with Crippen LogP contribution in [0.25, 0.3) is 11.1 Å². The number of halogens is 11. The van der Waals surface area contributed by atoms with Crippen LogP contribution in [0.1, 0.15) is 86.5 Å². The lowest BCUT2D eigenvalue weighted by Crippen LogP contribution is -2.26.